The van der Waals surface area contributed by atoms with Gasteiger partial charge in [-0.2, -0.15) is 4.98 Å². The lowest BCUT2D eigenvalue weighted by Gasteiger charge is -2.08. The van der Waals surface area contributed by atoms with Crippen LogP contribution < -0.4 is 10.9 Å². The van der Waals surface area contributed by atoms with Gasteiger partial charge in [0.15, 0.2) is 5.65 Å². The number of H-pyrrole nitrogens is 1. The Morgan fingerprint density at radius 1 is 1.19 bits per heavy atom. The molecule has 0 aliphatic rings. The molecule has 3 heterocycles. The first kappa shape index (κ1) is 16.5. The first-order valence-corrected chi connectivity index (χ1v) is 8.02. The lowest BCUT2D eigenvalue weighted by molar-refractivity contribution is -0.384. The maximum Gasteiger partial charge on any atom is 0.269 e. The number of nitro benzene ring substituents is 1. The Balaban J connectivity index is 1.72. The molecule has 0 amide bonds. The average molecular weight is 363 g/mol. The van der Waals surface area contributed by atoms with E-state index < -0.39 is 4.92 Å². The molecule has 0 fully saturated rings. The third-order valence-corrected chi connectivity index (χ3v) is 4.01. The van der Waals surface area contributed by atoms with Crippen LogP contribution in [0.5, 0.6) is 0 Å². The third-order valence-electron chi connectivity index (χ3n) is 4.01. The highest BCUT2D eigenvalue weighted by molar-refractivity contribution is 5.92. The molecule has 0 saturated carbocycles. The van der Waals surface area contributed by atoms with Crippen molar-refractivity contribution in [3.05, 3.63) is 81.2 Å². The third kappa shape index (κ3) is 3.25. The topological polar surface area (TPSA) is 127 Å². The molecule has 27 heavy (non-hydrogen) atoms. The second-order valence-electron chi connectivity index (χ2n) is 5.71. The van der Waals surface area contributed by atoms with Gasteiger partial charge < -0.3 is 9.73 Å². The van der Waals surface area contributed by atoms with Crippen LogP contribution in [0.2, 0.25) is 0 Å². The van der Waals surface area contributed by atoms with E-state index in [0.29, 0.717) is 28.8 Å². The summed E-state index contributed by atoms with van der Waals surface area (Å²) in [6, 6.07) is 11.2. The van der Waals surface area contributed by atoms with Gasteiger partial charge in [-0.3, -0.25) is 19.9 Å². The highest BCUT2D eigenvalue weighted by atomic mass is 16.6. The van der Waals surface area contributed by atoms with Crippen LogP contribution >= 0.6 is 0 Å². The Morgan fingerprint density at radius 3 is 2.70 bits per heavy atom. The van der Waals surface area contributed by atoms with E-state index in [0.717, 1.165) is 0 Å². The molecule has 4 aromatic rings. The number of aromatic nitrogens is 3. The predicted octanol–water partition coefficient (Wildman–Crippen LogP) is 3.10. The molecule has 0 aliphatic carbocycles. The Kier molecular flexibility index (Phi) is 4.09. The molecule has 9 nitrogen and oxygen atoms in total. The number of nitrogens with one attached hydrogen (secondary N) is 2. The van der Waals surface area contributed by atoms with Crippen LogP contribution in [0.15, 0.2) is 64.1 Å². The number of rotatable bonds is 5. The summed E-state index contributed by atoms with van der Waals surface area (Å²) < 4.78 is 5.23. The Labute approximate surface area is 151 Å². The van der Waals surface area contributed by atoms with Crippen LogP contribution in [0.1, 0.15) is 5.76 Å². The van der Waals surface area contributed by atoms with Crippen molar-refractivity contribution in [3.63, 3.8) is 0 Å². The van der Waals surface area contributed by atoms with Crippen LogP contribution in [0.3, 0.4) is 0 Å². The zero-order valence-corrected chi connectivity index (χ0v) is 13.9. The molecular formula is C18H13N5O4. The van der Waals surface area contributed by atoms with Crippen molar-refractivity contribution >= 4 is 22.7 Å². The zero-order chi connectivity index (χ0) is 18.8. The van der Waals surface area contributed by atoms with Crippen molar-refractivity contribution in [2.45, 2.75) is 6.54 Å². The number of nitrogens with zero attached hydrogens (tertiary/aromatic N) is 3. The number of hydrogen-bond acceptors (Lipinski definition) is 7. The first-order valence-electron chi connectivity index (χ1n) is 8.02. The lowest BCUT2D eigenvalue weighted by atomic mass is 10.0. The van der Waals surface area contributed by atoms with Gasteiger partial charge in [0.2, 0.25) is 5.95 Å². The largest absolute Gasteiger partial charge is 0.467 e. The van der Waals surface area contributed by atoms with E-state index in [4.69, 9.17) is 4.42 Å². The minimum Gasteiger partial charge on any atom is -0.467 e. The van der Waals surface area contributed by atoms with Crippen LogP contribution in [0.25, 0.3) is 22.2 Å². The number of furan rings is 1. The molecule has 134 valence electrons. The molecule has 0 bridgehead atoms. The standard InChI is InChI=1S/C18H13N5O4/c24-17-15-14(11-3-5-12(6-4-11)23(25)26)7-8-19-16(15)21-18(22-17)20-10-13-2-1-9-27-13/h1-9H,10H2,(H2,19,20,21,22,24). The predicted molar refractivity (Wildman–Crippen MR) is 98.3 cm³/mol. The lowest BCUT2D eigenvalue weighted by Crippen LogP contribution is -2.14. The maximum atomic E-state index is 12.6. The van der Waals surface area contributed by atoms with Crippen LogP contribution in [0, 0.1) is 10.1 Å². The van der Waals surface area contributed by atoms with Crippen molar-refractivity contribution < 1.29 is 9.34 Å². The molecule has 1 aromatic carbocycles. The van der Waals surface area contributed by atoms with Crippen LogP contribution in [-0.2, 0) is 6.54 Å². The van der Waals surface area contributed by atoms with Gasteiger partial charge in [-0.15, -0.1) is 0 Å². The Morgan fingerprint density at radius 2 is 2.00 bits per heavy atom. The number of benzene rings is 1. The summed E-state index contributed by atoms with van der Waals surface area (Å²) in [4.78, 5) is 34.2. The summed E-state index contributed by atoms with van der Waals surface area (Å²) in [6.07, 6.45) is 3.10. The van der Waals surface area contributed by atoms with Gasteiger partial charge in [0.05, 0.1) is 23.1 Å². The van der Waals surface area contributed by atoms with Crippen molar-refractivity contribution in [1.29, 1.82) is 0 Å². The van der Waals surface area contributed by atoms with Gasteiger partial charge in [0, 0.05) is 18.3 Å². The summed E-state index contributed by atoms with van der Waals surface area (Å²) in [5.74, 6) is 0.975. The fraction of sp³-hybridized carbons (Fsp3) is 0.0556. The van der Waals surface area contributed by atoms with E-state index in [9.17, 15) is 14.9 Å². The molecule has 0 spiro atoms. The van der Waals surface area contributed by atoms with Crippen molar-refractivity contribution in [2.75, 3.05) is 5.32 Å². The monoisotopic (exact) mass is 363 g/mol. The van der Waals surface area contributed by atoms with Gasteiger partial charge in [-0.05, 0) is 41.5 Å². The first-order chi connectivity index (χ1) is 13.1. The van der Waals surface area contributed by atoms with E-state index in [1.54, 1.807) is 42.8 Å². The highest BCUT2D eigenvalue weighted by Gasteiger charge is 2.13. The van der Waals surface area contributed by atoms with Gasteiger partial charge >= 0.3 is 0 Å². The van der Waals surface area contributed by atoms with Crippen molar-refractivity contribution in [1.82, 2.24) is 15.0 Å². The Hall–Kier alpha value is -4.01. The number of aromatic amines is 1. The number of fused-ring (bicyclic) bond motifs is 1. The fourth-order valence-corrected chi connectivity index (χ4v) is 2.73. The van der Waals surface area contributed by atoms with Gasteiger partial charge in [-0.1, -0.05) is 0 Å². The number of hydrogen-bond donors (Lipinski definition) is 2. The van der Waals surface area contributed by atoms with Crippen LogP contribution in [-0.4, -0.2) is 19.9 Å². The molecule has 4 rings (SSSR count). The summed E-state index contributed by atoms with van der Waals surface area (Å²) >= 11 is 0. The van der Waals surface area contributed by atoms with Gasteiger partial charge in [0.25, 0.3) is 11.2 Å². The molecule has 2 N–H and O–H groups in total. The second kappa shape index (κ2) is 6.71. The molecule has 0 saturated heterocycles. The summed E-state index contributed by atoms with van der Waals surface area (Å²) in [5.41, 5.74) is 1.16. The molecule has 9 heteroatoms. The van der Waals surface area contributed by atoms with Crippen molar-refractivity contribution in [2.24, 2.45) is 0 Å². The molecule has 3 aromatic heterocycles. The highest BCUT2D eigenvalue weighted by Crippen LogP contribution is 2.26. The number of non-ortho nitro benzene ring substituents is 1. The van der Waals surface area contributed by atoms with E-state index in [2.05, 4.69) is 20.3 Å². The summed E-state index contributed by atoms with van der Waals surface area (Å²) in [6.45, 7) is 0.365. The van der Waals surface area contributed by atoms with Gasteiger partial charge in [-0.25, -0.2) is 4.98 Å². The number of pyridine rings is 1. The molecule has 0 atom stereocenters. The summed E-state index contributed by atoms with van der Waals surface area (Å²) in [7, 11) is 0. The quantitative estimate of drug-likeness (QED) is 0.412. The van der Waals surface area contributed by atoms with Crippen LogP contribution in [0.4, 0.5) is 11.6 Å². The second-order valence-corrected chi connectivity index (χ2v) is 5.71. The number of anilines is 1. The fourth-order valence-electron chi connectivity index (χ4n) is 2.73. The molecule has 0 unspecified atom stereocenters. The molecule has 0 aliphatic heterocycles. The molecular weight excluding hydrogens is 350 g/mol. The van der Waals surface area contributed by atoms with E-state index >= 15 is 0 Å². The SMILES string of the molecule is O=c1[nH]c(NCc2ccco2)nc2nccc(-c3ccc([N+](=O)[O-])cc3)c12. The number of nitro groups is 1. The zero-order valence-electron chi connectivity index (χ0n) is 13.9. The van der Waals surface area contributed by atoms with Crippen molar-refractivity contribution in [3.8, 4) is 11.1 Å². The minimum absolute atomic E-state index is 0.0199. The average Bonchev–Trinajstić information content (AvgIpc) is 3.19. The Bertz CT molecular complexity index is 1170. The van der Waals surface area contributed by atoms with E-state index in [1.165, 1.54) is 12.1 Å². The summed E-state index contributed by atoms with van der Waals surface area (Å²) in [5, 5.41) is 14.1. The van der Waals surface area contributed by atoms with E-state index in [-0.39, 0.29) is 22.8 Å². The normalized spacial score (nSPS) is 10.8. The molecule has 0 radical (unpaired) electrons. The van der Waals surface area contributed by atoms with E-state index in [1.807, 2.05) is 0 Å². The van der Waals surface area contributed by atoms with Gasteiger partial charge in [0.1, 0.15) is 5.76 Å². The maximum absolute atomic E-state index is 12.6. The smallest absolute Gasteiger partial charge is 0.269 e. The minimum atomic E-state index is -0.472.